The van der Waals surface area contributed by atoms with Gasteiger partial charge >= 0.3 is 5.97 Å². The Morgan fingerprint density at radius 2 is 2.10 bits per heavy atom. The normalized spacial score (nSPS) is 15.7. The van der Waals surface area contributed by atoms with Crippen LogP contribution in [0.1, 0.15) is 28.9 Å². The average Bonchev–Trinajstić information content (AvgIpc) is 3.39. The fourth-order valence-electron chi connectivity index (χ4n) is 3.84. The lowest BCUT2D eigenvalue weighted by molar-refractivity contribution is -0.116. The molecule has 1 aliphatic rings. The lowest BCUT2D eigenvalue weighted by Gasteiger charge is -2.12. The summed E-state index contributed by atoms with van der Waals surface area (Å²) in [6, 6.07) is 12.2. The number of methoxy groups -OCH3 is 1. The number of anilines is 2. The molecule has 0 spiro atoms. The van der Waals surface area contributed by atoms with Gasteiger partial charge in [-0.2, -0.15) is 11.8 Å². The van der Waals surface area contributed by atoms with Crippen molar-refractivity contribution in [2.45, 2.75) is 25.3 Å². The van der Waals surface area contributed by atoms with Crippen LogP contribution in [0.15, 0.2) is 42.6 Å². The molecular formula is C23H26N4O3S. The maximum atomic E-state index is 12.8. The predicted octanol–water partition coefficient (Wildman–Crippen LogP) is 3.85. The molecule has 0 radical (unpaired) electrons. The van der Waals surface area contributed by atoms with Crippen molar-refractivity contribution in [1.29, 1.82) is 0 Å². The molecule has 2 aromatic heterocycles. The number of esters is 1. The van der Waals surface area contributed by atoms with Crippen molar-refractivity contribution in [3.63, 3.8) is 0 Å². The third-order valence-electron chi connectivity index (χ3n) is 5.45. The second-order valence-corrected chi connectivity index (χ2v) is 8.76. The first-order valence-corrected chi connectivity index (χ1v) is 11.5. The summed E-state index contributed by atoms with van der Waals surface area (Å²) < 4.78 is 6.65. The molecule has 1 unspecified atom stereocenters. The van der Waals surface area contributed by atoms with E-state index in [0.717, 1.165) is 29.2 Å². The Labute approximate surface area is 185 Å². The molecule has 1 aromatic carbocycles. The molecule has 0 aliphatic carbocycles. The number of benzene rings is 1. The van der Waals surface area contributed by atoms with Crippen LogP contribution in [0.3, 0.4) is 0 Å². The molecule has 31 heavy (non-hydrogen) atoms. The topological polar surface area (TPSA) is 85.2 Å². The molecule has 1 fully saturated rings. The van der Waals surface area contributed by atoms with Crippen molar-refractivity contribution < 1.29 is 14.3 Å². The molecule has 0 saturated carbocycles. The number of hydrogen-bond acceptors (Lipinski definition) is 6. The van der Waals surface area contributed by atoms with Crippen LogP contribution in [0.25, 0.3) is 11.0 Å². The quantitative estimate of drug-likeness (QED) is 0.545. The maximum Gasteiger partial charge on any atom is 0.356 e. The van der Waals surface area contributed by atoms with Crippen LogP contribution >= 0.6 is 11.8 Å². The summed E-state index contributed by atoms with van der Waals surface area (Å²) in [5.74, 6) is 1.53. The number of fused-ring (bicyclic) bond motifs is 1. The van der Waals surface area contributed by atoms with E-state index in [1.54, 1.807) is 17.8 Å². The van der Waals surface area contributed by atoms with E-state index in [9.17, 15) is 9.59 Å². The summed E-state index contributed by atoms with van der Waals surface area (Å²) in [6.45, 7) is 0. The number of thioether (sulfide) groups is 1. The van der Waals surface area contributed by atoms with Gasteiger partial charge in [-0.3, -0.25) is 4.79 Å². The number of carbonyl (C=O) groups is 2. The lowest BCUT2D eigenvalue weighted by Crippen LogP contribution is -2.18. The smallest absolute Gasteiger partial charge is 0.356 e. The van der Waals surface area contributed by atoms with Crippen LogP contribution in [-0.2, 0) is 23.0 Å². The van der Waals surface area contributed by atoms with Gasteiger partial charge in [0.25, 0.3) is 0 Å². The van der Waals surface area contributed by atoms with Crippen molar-refractivity contribution in [3.8, 4) is 0 Å². The summed E-state index contributed by atoms with van der Waals surface area (Å²) in [6.07, 6.45) is 3.81. The van der Waals surface area contributed by atoms with Crippen molar-refractivity contribution in [3.05, 3.63) is 53.9 Å². The molecule has 1 aliphatic heterocycles. The Hall–Kier alpha value is -3.00. The molecular weight excluding hydrogens is 412 g/mol. The number of nitrogens with one attached hydrogen (secondary N) is 2. The van der Waals surface area contributed by atoms with Crippen molar-refractivity contribution in [2.75, 3.05) is 29.2 Å². The largest absolute Gasteiger partial charge is 0.464 e. The Morgan fingerprint density at radius 1 is 1.29 bits per heavy atom. The zero-order valence-corrected chi connectivity index (χ0v) is 18.5. The van der Waals surface area contributed by atoms with Crippen LogP contribution in [0.2, 0.25) is 0 Å². The summed E-state index contributed by atoms with van der Waals surface area (Å²) >= 11 is 1.93. The van der Waals surface area contributed by atoms with E-state index in [4.69, 9.17) is 4.74 Å². The van der Waals surface area contributed by atoms with Crippen LogP contribution in [-0.4, -0.2) is 46.1 Å². The average molecular weight is 439 g/mol. The number of pyridine rings is 1. The van der Waals surface area contributed by atoms with E-state index < -0.39 is 5.97 Å². The number of carbonyl (C=O) groups excluding carboxylic acids is 2. The first-order valence-electron chi connectivity index (χ1n) is 10.3. The van der Waals surface area contributed by atoms with E-state index in [-0.39, 0.29) is 11.6 Å². The second-order valence-electron chi connectivity index (χ2n) is 7.61. The Kier molecular flexibility index (Phi) is 6.46. The lowest BCUT2D eigenvalue weighted by atomic mass is 10.1. The van der Waals surface area contributed by atoms with Gasteiger partial charge in [-0.15, -0.1) is 0 Å². The zero-order chi connectivity index (χ0) is 21.8. The van der Waals surface area contributed by atoms with E-state index in [2.05, 4.69) is 15.6 Å². The molecule has 0 bridgehead atoms. The third-order valence-corrected chi connectivity index (χ3v) is 6.62. The van der Waals surface area contributed by atoms with Crippen LogP contribution < -0.4 is 10.6 Å². The van der Waals surface area contributed by atoms with Gasteiger partial charge in [0.15, 0.2) is 5.69 Å². The molecule has 4 rings (SSSR count). The number of nitrogens with zero attached hydrogens (tertiary/aromatic N) is 2. The fraction of sp³-hybridized carbons (Fsp3) is 0.348. The molecule has 7 nitrogen and oxygen atoms in total. The number of ether oxygens (including phenoxy) is 1. The third kappa shape index (κ3) is 4.69. The molecule has 1 atom stereocenters. The van der Waals surface area contributed by atoms with E-state index in [1.807, 2.05) is 48.2 Å². The highest BCUT2D eigenvalue weighted by Gasteiger charge is 2.25. The zero-order valence-electron chi connectivity index (χ0n) is 17.7. The van der Waals surface area contributed by atoms with Gasteiger partial charge in [0.1, 0.15) is 5.65 Å². The summed E-state index contributed by atoms with van der Waals surface area (Å²) in [4.78, 5) is 29.8. The van der Waals surface area contributed by atoms with Crippen molar-refractivity contribution >= 4 is 46.0 Å². The number of hydrogen-bond donors (Lipinski definition) is 2. The Morgan fingerprint density at radius 3 is 2.81 bits per heavy atom. The minimum absolute atomic E-state index is 0.160. The van der Waals surface area contributed by atoms with Gasteiger partial charge in [-0.05, 0) is 30.2 Å². The monoisotopic (exact) mass is 438 g/mol. The van der Waals surface area contributed by atoms with Gasteiger partial charge in [0, 0.05) is 30.6 Å². The maximum absolute atomic E-state index is 12.8. The number of aromatic nitrogens is 2. The Bertz CT molecular complexity index is 1090. The minimum Gasteiger partial charge on any atom is -0.464 e. The van der Waals surface area contributed by atoms with Gasteiger partial charge in [-0.1, -0.05) is 30.3 Å². The van der Waals surface area contributed by atoms with E-state index in [1.165, 1.54) is 7.11 Å². The Balaban J connectivity index is 1.63. The summed E-state index contributed by atoms with van der Waals surface area (Å²) in [5.41, 5.74) is 3.31. The van der Waals surface area contributed by atoms with Gasteiger partial charge in [0.2, 0.25) is 5.91 Å². The SMILES string of the molecule is COC(=O)c1c(NC(=O)CCc2ccccc2)c2cc(NC3CCSC3)cnc2n1C. The summed E-state index contributed by atoms with van der Waals surface area (Å²) in [5, 5.41) is 7.17. The highest BCUT2D eigenvalue weighted by Crippen LogP contribution is 2.32. The highest BCUT2D eigenvalue weighted by atomic mass is 32.2. The molecule has 1 amide bonds. The summed E-state index contributed by atoms with van der Waals surface area (Å²) in [7, 11) is 3.08. The van der Waals surface area contributed by atoms with Gasteiger partial charge in [0.05, 0.1) is 24.7 Å². The van der Waals surface area contributed by atoms with E-state index >= 15 is 0 Å². The fourth-order valence-corrected chi connectivity index (χ4v) is 4.99. The first-order chi connectivity index (χ1) is 15.1. The number of amides is 1. The van der Waals surface area contributed by atoms with Crippen LogP contribution in [0.4, 0.5) is 11.4 Å². The van der Waals surface area contributed by atoms with E-state index in [0.29, 0.717) is 35.6 Å². The highest BCUT2D eigenvalue weighted by molar-refractivity contribution is 7.99. The van der Waals surface area contributed by atoms with Crippen LogP contribution in [0, 0.1) is 0 Å². The molecule has 8 heteroatoms. The number of aryl methyl sites for hydroxylation is 2. The van der Waals surface area contributed by atoms with Crippen molar-refractivity contribution in [2.24, 2.45) is 7.05 Å². The van der Waals surface area contributed by atoms with Crippen molar-refractivity contribution in [1.82, 2.24) is 9.55 Å². The second kappa shape index (κ2) is 9.43. The molecule has 1 saturated heterocycles. The minimum atomic E-state index is -0.513. The molecule has 2 N–H and O–H groups in total. The van der Waals surface area contributed by atoms with Gasteiger partial charge in [-0.25, -0.2) is 9.78 Å². The van der Waals surface area contributed by atoms with Gasteiger partial charge < -0.3 is 19.9 Å². The number of rotatable bonds is 7. The molecule has 3 heterocycles. The first kappa shape index (κ1) is 21.2. The molecule has 162 valence electrons. The van der Waals surface area contributed by atoms with Crippen LogP contribution in [0.5, 0.6) is 0 Å². The standard InChI is InChI=1S/C23H26N4O3S/c1-27-21(23(29)30-2)20(26-19(28)9-8-15-6-4-3-5-7-15)18-12-17(13-24-22(18)27)25-16-10-11-31-14-16/h3-7,12-13,16,25H,8-11,14H2,1-2H3,(H,26,28). The molecule has 3 aromatic rings. The predicted molar refractivity (Wildman–Crippen MR) is 125 cm³/mol.